The first-order valence-corrected chi connectivity index (χ1v) is 14.5. The fourth-order valence-electron chi connectivity index (χ4n) is 3.84. The van der Waals surface area contributed by atoms with Gasteiger partial charge in [0.15, 0.2) is 23.3 Å². The van der Waals surface area contributed by atoms with Crippen LogP contribution in [0.25, 0.3) is 0 Å². The first kappa shape index (κ1) is 28.6. The Bertz CT molecular complexity index is 1540. The molecule has 0 radical (unpaired) electrons. The highest BCUT2D eigenvalue weighted by atomic mass is 32.3. The number of hydrogen-bond acceptors (Lipinski definition) is 3. The van der Waals surface area contributed by atoms with Gasteiger partial charge in [-0.05, 0) is 63.2 Å². The lowest BCUT2D eigenvalue weighted by Gasteiger charge is -2.35. The summed E-state index contributed by atoms with van der Waals surface area (Å²) in [6.07, 6.45) is 0. The van der Waals surface area contributed by atoms with E-state index < -0.39 is 60.0 Å². The maximum Gasteiger partial charge on any atom is 0.428 e. The maximum absolute atomic E-state index is 14.8. The van der Waals surface area contributed by atoms with E-state index in [1.807, 2.05) is 20.8 Å². The SMILES string of the molecule is CC(C)(C)Oc1cccc(S([OH+]S(=O)(=O)c2c(F)c(F)c(F)c(F)c2F)(c2ccccc2)c2ccccc2)c1. The van der Waals surface area contributed by atoms with Crippen molar-refractivity contribution in [1.29, 1.82) is 0 Å². The Hall–Kier alpha value is -3.41. The van der Waals surface area contributed by atoms with Crippen molar-refractivity contribution in [3.8, 4) is 5.75 Å². The Balaban J connectivity index is 2.07. The van der Waals surface area contributed by atoms with Crippen LogP contribution in [-0.4, -0.2) is 17.6 Å². The second-order valence-corrected chi connectivity index (χ2v) is 13.9. The lowest BCUT2D eigenvalue weighted by atomic mass is 10.2. The molecule has 0 aromatic heterocycles. The van der Waals surface area contributed by atoms with E-state index in [1.54, 1.807) is 84.9 Å². The molecule has 1 N–H and O–H groups in total. The highest BCUT2D eigenvalue weighted by Gasteiger charge is 2.47. The minimum atomic E-state index is -5.51. The van der Waals surface area contributed by atoms with E-state index in [4.69, 9.17) is 4.74 Å². The summed E-state index contributed by atoms with van der Waals surface area (Å²) in [5, 5.41) is 0. The van der Waals surface area contributed by atoms with Gasteiger partial charge in [0.2, 0.25) is 10.7 Å². The van der Waals surface area contributed by atoms with Crippen molar-refractivity contribution in [1.82, 2.24) is 0 Å². The zero-order valence-electron chi connectivity index (χ0n) is 21.0. The molecule has 4 aromatic rings. The second-order valence-electron chi connectivity index (χ2n) is 9.34. The van der Waals surface area contributed by atoms with Crippen molar-refractivity contribution in [3.63, 3.8) is 0 Å². The molecule has 39 heavy (non-hydrogen) atoms. The Labute approximate surface area is 224 Å². The molecule has 0 bridgehead atoms. The second kappa shape index (κ2) is 10.6. The van der Waals surface area contributed by atoms with Crippen LogP contribution in [0, 0.1) is 29.1 Å². The quantitative estimate of drug-likeness (QED) is 0.0724. The summed E-state index contributed by atoms with van der Waals surface area (Å²) in [6.45, 7) is 5.44. The number of hydrogen-bond donors (Lipinski definition) is 0. The third-order valence-corrected chi connectivity index (χ3v) is 10.8. The standard InChI is InChI=1S/C28H23F5O4S2/c1-28(2,3)36-18-11-10-16-21(17-18)38(19-12-6-4-7-13-19,20-14-8-5-9-15-20)37-39(34,35)27-25(32)23(30)22(29)24(31)26(27)33/h4-17H,1-3H3/p+1. The zero-order chi connectivity index (χ0) is 28.6. The Kier molecular flexibility index (Phi) is 7.79. The van der Waals surface area contributed by atoms with E-state index in [9.17, 15) is 30.4 Å². The fourth-order valence-corrected chi connectivity index (χ4v) is 9.46. The number of rotatable bonds is 7. The van der Waals surface area contributed by atoms with Crippen LogP contribution in [0.15, 0.2) is 105 Å². The van der Waals surface area contributed by atoms with Gasteiger partial charge in [-0.15, -0.1) is 8.42 Å². The minimum absolute atomic E-state index is 0.286. The van der Waals surface area contributed by atoms with Crippen LogP contribution in [-0.2, 0) is 10.1 Å². The van der Waals surface area contributed by atoms with Crippen molar-refractivity contribution < 1.29 is 38.7 Å². The van der Waals surface area contributed by atoms with Gasteiger partial charge < -0.3 is 4.74 Å². The number of ether oxygens (including phenoxy) is 1. The Morgan fingerprint density at radius 1 is 0.615 bits per heavy atom. The Morgan fingerprint density at radius 3 is 1.51 bits per heavy atom. The van der Waals surface area contributed by atoms with Gasteiger partial charge in [0.1, 0.15) is 11.4 Å². The van der Waals surface area contributed by atoms with E-state index in [0.717, 1.165) is 0 Å². The number of benzene rings is 4. The average molecular weight is 584 g/mol. The smallest absolute Gasteiger partial charge is 0.428 e. The molecule has 0 aliphatic rings. The van der Waals surface area contributed by atoms with Crippen molar-refractivity contribution in [3.05, 3.63) is 114 Å². The summed E-state index contributed by atoms with van der Waals surface area (Å²) < 4.78 is 109. The van der Waals surface area contributed by atoms with Crippen LogP contribution in [0.5, 0.6) is 5.75 Å². The van der Waals surface area contributed by atoms with Crippen LogP contribution in [0.2, 0.25) is 0 Å². The van der Waals surface area contributed by atoms with Gasteiger partial charge in [-0.25, -0.2) is 22.0 Å². The first-order chi connectivity index (χ1) is 18.3. The normalized spacial score (nSPS) is 12.8. The van der Waals surface area contributed by atoms with Crippen LogP contribution >= 0.6 is 10.3 Å². The monoisotopic (exact) mass is 583 g/mol. The van der Waals surface area contributed by atoms with Crippen molar-refractivity contribution in [2.45, 2.75) is 46.0 Å². The van der Waals surface area contributed by atoms with Crippen LogP contribution in [0.4, 0.5) is 22.0 Å². The molecule has 4 nitrogen and oxygen atoms in total. The van der Waals surface area contributed by atoms with Crippen LogP contribution < -0.4 is 4.74 Å². The van der Waals surface area contributed by atoms with Gasteiger partial charge in [-0.3, -0.25) is 3.63 Å². The molecule has 0 fully saturated rings. The Morgan fingerprint density at radius 2 is 1.05 bits per heavy atom. The molecule has 0 aliphatic heterocycles. The van der Waals surface area contributed by atoms with Crippen molar-refractivity contribution >= 4 is 20.4 Å². The van der Waals surface area contributed by atoms with Gasteiger partial charge in [0.05, 0.1) is 25.0 Å². The van der Waals surface area contributed by atoms with Crippen LogP contribution in [0.1, 0.15) is 20.8 Å². The zero-order valence-corrected chi connectivity index (χ0v) is 22.6. The van der Waals surface area contributed by atoms with Gasteiger partial charge in [0.25, 0.3) is 0 Å². The lowest BCUT2D eigenvalue weighted by molar-refractivity contribution is 0.130. The van der Waals surface area contributed by atoms with E-state index in [1.165, 1.54) is 0 Å². The lowest BCUT2D eigenvalue weighted by Crippen LogP contribution is -2.24. The summed E-state index contributed by atoms with van der Waals surface area (Å²) in [6, 6.07) is 22.5. The largest absolute Gasteiger partial charge is 0.488 e. The molecule has 0 amide bonds. The predicted octanol–water partition coefficient (Wildman–Crippen LogP) is 8.24. The number of halogens is 5. The molecule has 0 atom stereocenters. The van der Waals surface area contributed by atoms with Crippen LogP contribution in [0.3, 0.4) is 0 Å². The molecule has 0 unspecified atom stereocenters. The van der Waals surface area contributed by atoms with Gasteiger partial charge in [0, 0.05) is 0 Å². The molecule has 0 aliphatic carbocycles. The van der Waals surface area contributed by atoms with E-state index in [-0.39, 0.29) is 4.90 Å². The van der Waals surface area contributed by atoms with Gasteiger partial charge >= 0.3 is 10.1 Å². The first-order valence-electron chi connectivity index (χ1n) is 11.5. The molecule has 11 heteroatoms. The molecule has 0 heterocycles. The third kappa shape index (κ3) is 5.52. The predicted molar refractivity (Wildman–Crippen MR) is 138 cm³/mol. The fraction of sp³-hybridized carbons (Fsp3) is 0.143. The summed E-state index contributed by atoms with van der Waals surface area (Å²) in [5.74, 6) is -11.9. The highest BCUT2D eigenvalue weighted by Crippen LogP contribution is 2.69. The summed E-state index contributed by atoms with van der Waals surface area (Å²) in [7, 11) is -8.81. The van der Waals surface area contributed by atoms with Gasteiger partial charge in [-0.2, -0.15) is 0 Å². The summed E-state index contributed by atoms with van der Waals surface area (Å²) in [5.41, 5.74) is -0.630. The maximum atomic E-state index is 14.8. The molecule has 4 aromatic carbocycles. The van der Waals surface area contributed by atoms with E-state index in [0.29, 0.717) is 15.5 Å². The van der Waals surface area contributed by atoms with Crippen molar-refractivity contribution in [2.24, 2.45) is 0 Å². The average Bonchev–Trinajstić information content (AvgIpc) is 2.89. The van der Waals surface area contributed by atoms with Crippen molar-refractivity contribution in [2.75, 3.05) is 0 Å². The van der Waals surface area contributed by atoms with E-state index in [2.05, 4.69) is 3.63 Å². The molecule has 0 saturated carbocycles. The molecule has 0 spiro atoms. The minimum Gasteiger partial charge on any atom is -0.488 e. The van der Waals surface area contributed by atoms with E-state index >= 15 is 0 Å². The molecular weight excluding hydrogens is 559 g/mol. The third-order valence-electron chi connectivity index (χ3n) is 5.38. The summed E-state index contributed by atoms with van der Waals surface area (Å²) >= 11 is 0. The topological polar surface area (TPSA) is 56.2 Å². The summed E-state index contributed by atoms with van der Waals surface area (Å²) in [4.78, 5) is -1.08. The molecule has 206 valence electrons. The van der Waals surface area contributed by atoms with Gasteiger partial charge in [-0.1, -0.05) is 42.5 Å². The highest BCUT2D eigenvalue weighted by molar-refractivity contribution is 8.32. The molecule has 4 rings (SSSR count). The molecule has 0 saturated heterocycles. The molecular formula is C28H24F5O4S2+.